The number of aryl methyl sites for hydroxylation is 1. The summed E-state index contributed by atoms with van der Waals surface area (Å²) in [5, 5.41) is 11.7. The first-order chi connectivity index (χ1) is 14.6. The zero-order valence-corrected chi connectivity index (χ0v) is 16.9. The fraction of sp³-hybridized carbons (Fsp3) is 0.0909. The van der Waals surface area contributed by atoms with Crippen molar-refractivity contribution in [1.82, 2.24) is 19.7 Å². The molecule has 0 unspecified atom stereocenters. The van der Waals surface area contributed by atoms with Crippen LogP contribution in [0.15, 0.2) is 78.2 Å². The molecule has 0 atom stereocenters. The van der Waals surface area contributed by atoms with Gasteiger partial charge in [0.1, 0.15) is 5.82 Å². The fourth-order valence-corrected chi connectivity index (χ4v) is 3.60. The highest BCUT2D eigenvalue weighted by atomic mass is 32.2. The summed E-state index contributed by atoms with van der Waals surface area (Å²) in [4.78, 5) is 16.5. The van der Waals surface area contributed by atoms with Gasteiger partial charge in [-0.1, -0.05) is 41.6 Å². The largest absolute Gasteiger partial charge is 0.323 e. The first-order valence-electron chi connectivity index (χ1n) is 9.22. The average Bonchev–Trinajstić information content (AvgIpc) is 3.19. The summed E-state index contributed by atoms with van der Waals surface area (Å²) < 4.78 is 15.7. The summed E-state index contributed by atoms with van der Waals surface area (Å²) in [5.41, 5.74) is 2.97. The predicted molar refractivity (Wildman–Crippen MR) is 115 cm³/mol. The molecule has 0 aliphatic heterocycles. The Morgan fingerprint density at radius 2 is 1.87 bits per heavy atom. The predicted octanol–water partition coefficient (Wildman–Crippen LogP) is 4.51. The van der Waals surface area contributed by atoms with E-state index in [2.05, 4.69) is 20.5 Å². The third-order valence-electron chi connectivity index (χ3n) is 4.33. The number of hydrogen-bond acceptors (Lipinski definition) is 5. The van der Waals surface area contributed by atoms with Crippen LogP contribution in [0.1, 0.15) is 5.56 Å². The number of nitrogens with one attached hydrogen (secondary N) is 1. The first-order valence-corrected chi connectivity index (χ1v) is 10.2. The maximum absolute atomic E-state index is 13.8. The monoisotopic (exact) mass is 419 g/mol. The van der Waals surface area contributed by atoms with Crippen molar-refractivity contribution in [3.8, 4) is 17.1 Å². The molecule has 8 heteroatoms. The van der Waals surface area contributed by atoms with Crippen molar-refractivity contribution < 1.29 is 9.18 Å². The topological polar surface area (TPSA) is 72.7 Å². The van der Waals surface area contributed by atoms with Crippen LogP contribution in [-0.4, -0.2) is 31.4 Å². The SMILES string of the molecule is Cc1ccc(-n2c(SCC(=O)Nc3ccccc3F)nnc2-c2cccnc2)cc1. The molecule has 150 valence electrons. The molecule has 0 bridgehead atoms. The van der Waals surface area contributed by atoms with Crippen LogP contribution in [0.2, 0.25) is 0 Å². The van der Waals surface area contributed by atoms with Gasteiger partial charge in [0.15, 0.2) is 11.0 Å². The number of thioether (sulfide) groups is 1. The number of benzene rings is 2. The molecule has 2 aromatic heterocycles. The van der Waals surface area contributed by atoms with E-state index in [0.717, 1.165) is 16.8 Å². The molecule has 0 saturated carbocycles. The number of pyridine rings is 1. The van der Waals surface area contributed by atoms with Crippen LogP contribution in [0, 0.1) is 12.7 Å². The van der Waals surface area contributed by atoms with E-state index in [1.165, 1.54) is 23.9 Å². The van der Waals surface area contributed by atoms with Gasteiger partial charge in [0.05, 0.1) is 11.4 Å². The van der Waals surface area contributed by atoms with Crippen LogP contribution in [0.5, 0.6) is 0 Å². The van der Waals surface area contributed by atoms with Crippen LogP contribution in [0.4, 0.5) is 10.1 Å². The minimum absolute atomic E-state index is 0.0609. The van der Waals surface area contributed by atoms with Crippen molar-refractivity contribution >= 4 is 23.4 Å². The second-order valence-corrected chi connectivity index (χ2v) is 7.48. The van der Waals surface area contributed by atoms with E-state index >= 15 is 0 Å². The van der Waals surface area contributed by atoms with Crippen molar-refractivity contribution in [2.24, 2.45) is 0 Å². The van der Waals surface area contributed by atoms with Gasteiger partial charge in [-0.05, 0) is 43.3 Å². The maximum atomic E-state index is 13.8. The van der Waals surface area contributed by atoms with Gasteiger partial charge < -0.3 is 5.32 Å². The first kappa shape index (κ1) is 19.8. The lowest BCUT2D eigenvalue weighted by molar-refractivity contribution is -0.113. The van der Waals surface area contributed by atoms with Gasteiger partial charge in [0.25, 0.3) is 0 Å². The third-order valence-corrected chi connectivity index (χ3v) is 5.25. The van der Waals surface area contributed by atoms with Crippen molar-refractivity contribution in [2.75, 3.05) is 11.1 Å². The van der Waals surface area contributed by atoms with Gasteiger partial charge in [0.2, 0.25) is 5.91 Å². The molecule has 1 amide bonds. The number of para-hydroxylation sites is 1. The number of rotatable bonds is 6. The molecule has 0 radical (unpaired) electrons. The van der Waals surface area contributed by atoms with Crippen molar-refractivity contribution in [2.45, 2.75) is 12.1 Å². The highest BCUT2D eigenvalue weighted by molar-refractivity contribution is 7.99. The lowest BCUT2D eigenvalue weighted by Crippen LogP contribution is -2.15. The number of aromatic nitrogens is 4. The molecule has 30 heavy (non-hydrogen) atoms. The van der Waals surface area contributed by atoms with Crippen molar-refractivity contribution in [3.63, 3.8) is 0 Å². The van der Waals surface area contributed by atoms with Gasteiger partial charge in [-0.3, -0.25) is 14.3 Å². The van der Waals surface area contributed by atoms with Crippen LogP contribution in [0.3, 0.4) is 0 Å². The van der Waals surface area contributed by atoms with Crippen LogP contribution < -0.4 is 5.32 Å². The van der Waals surface area contributed by atoms with Crippen molar-refractivity contribution in [1.29, 1.82) is 0 Å². The van der Waals surface area contributed by atoms with E-state index in [1.54, 1.807) is 24.5 Å². The lowest BCUT2D eigenvalue weighted by atomic mass is 10.2. The van der Waals surface area contributed by atoms with Gasteiger partial charge in [-0.15, -0.1) is 10.2 Å². The number of anilines is 1. The third kappa shape index (κ3) is 4.38. The molecule has 0 spiro atoms. The number of amides is 1. The van der Waals surface area contributed by atoms with E-state index in [-0.39, 0.29) is 17.3 Å². The molecule has 6 nitrogen and oxygen atoms in total. The number of carbonyl (C=O) groups excluding carboxylic acids is 1. The molecule has 1 N–H and O–H groups in total. The molecule has 4 aromatic rings. The normalized spacial score (nSPS) is 10.7. The fourth-order valence-electron chi connectivity index (χ4n) is 2.85. The number of halogens is 1. The standard InChI is InChI=1S/C22H18FN5OS/c1-15-8-10-17(11-9-15)28-21(16-5-4-12-24-13-16)26-27-22(28)30-14-20(29)25-19-7-3-2-6-18(19)23/h2-13H,14H2,1H3,(H,25,29). The molecule has 0 aliphatic rings. The Labute approximate surface area is 177 Å². The highest BCUT2D eigenvalue weighted by Gasteiger charge is 2.17. The second-order valence-electron chi connectivity index (χ2n) is 6.54. The van der Waals surface area contributed by atoms with E-state index in [9.17, 15) is 9.18 Å². The zero-order valence-electron chi connectivity index (χ0n) is 16.1. The minimum Gasteiger partial charge on any atom is -0.323 e. The van der Waals surface area contributed by atoms with E-state index < -0.39 is 5.82 Å². The van der Waals surface area contributed by atoms with Gasteiger partial charge in [0, 0.05) is 23.6 Å². The number of hydrogen-bond donors (Lipinski definition) is 1. The van der Waals surface area contributed by atoms with E-state index in [1.807, 2.05) is 47.9 Å². The van der Waals surface area contributed by atoms with Gasteiger partial charge in [-0.2, -0.15) is 0 Å². The van der Waals surface area contributed by atoms with Crippen LogP contribution in [0.25, 0.3) is 17.1 Å². The smallest absolute Gasteiger partial charge is 0.234 e. The van der Waals surface area contributed by atoms with Crippen LogP contribution >= 0.6 is 11.8 Å². The average molecular weight is 419 g/mol. The Kier molecular flexibility index (Phi) is 5.85. The quantitative estimate of drug-likeness (QED) is 0.466. The molecule has 0 saturated heterocycles. The minimum atomic E-state index is -0.475. The molecule has 2 heterocycles. The highest BCUT2D eigenvalue weighted by Crippen LogP contribution is 2.28. The summed E-state index contributed by atoms with van der Waals surface area (Å²) in [6.45, 7) is 2.01. The summed E-state index contributed by atoms with van der Waals surface area (Å²) in [5.74, 6) is -0.112. The van der Waals surface area contributed by atoms with Crippen molar-refractivity contribution in [3.05, 3.63) is 84.4 Å². The number of carbonyl (C=O) groups is 1. The Bertz CT molecular complexity index is 1160. The molecular weight excluding hydrogens is 401 g/mol. The summed E-state index contributed by atoms with van der Waals surface area (Å²) >= 11 is 1.23. The summed E-state index contributed by atoms with van der Waals surface area (Å²) in [6.07, 6.45) is 3.41. The Morgan fingerprint density at radius 3 is 2.60 bits per heavy atom. The van der Waals surface area contributed by atoms with Gasteiger partial charge >= 0.3 is 0 Å². The zero-order chi connectivity index (χ0) is 20.9. The molecular formula is C22H18FN5OS. The van der Waals surface area contributed by atoms with Crippen LogP contribution in [-0.2, 0) is 4.79 Å². The number of nitrogens with zero attached hydrogens (tertiary/aromatic N) is 4. The van der Waals surface area contributed by atoms with E-state index in [0.29, 0.717) is 11.0 Å². The molecule has 0 aliphatic carbocycles. The molecule has 4 rings (SSSR count). The van der Waals surface area contributed by atoms with E-state index in [4.69, 9.17) is 0 Å². The summed E-state index contributed by atoms with van der Waals surface area (Å²) in [7, 11) is 0. The van der Waals surface area contributed by atoms with Gasteiger partial charge in [-0.25, -0.2) is 4.39 Å². The lowest BCUT2D eigenvalue weighted by Gasteiger charge is -2.11. The Balaban J connectivity index is 1.60. The Morgan fingerprint density at radius 1 is 1.07 bits per heavy atom. The maximum Gasteiger partial charge on any atom is 0.234 e. The molecule has 2 aromatic carbocycles. The second kappa shape index (κ2) is 8.87. The Hall–Kier alpha value is -3.52. The summed E-state index contributed by atoms with van der Waals surface area (Å²) in [6, 6.07) is 17.8. The molecule has 0 fully saturated rings.